The first-order valence-corrected chi connectivity index (χ1v) is 9.47. The molecule has 1 saturated heterocycles. The summed E-state index contributed by atoms with van der Waals surface area (Å²) in [6.07, 6.45) is 2.06. The standard InChI is InChI=1S/C22H28N2O2/c1-4-17-9-8-10-18(5-2)21(17)23-13-15-24(16-14-23)22(25)19-11-6-7-12-20(19)26-3/h6-12H,4-5,13-16H2,1-3H3. The molecule has 0 unspecified atom stereocenters. The van der Waals surface area contributed by atoms with Crippen LogP contribution in [0.25, 0.3) is 0 Å². The lowest BCUT2D eigenvalue weighted by atomic mass is 10.0. The maximum absolute atomic E-state index is 12.9. The average Bonchev–Trinajstić information content (AvgIpc) is 2.72. The highest BCUT2D eigenvalue weighted by Crippen LogP contribution is 2.28. The molecule has 0 aliphatic carbocycles. The Morgan fingerprint density at radius 2 is 1.54 bits per heavy atom. The molecule has 1 aliphatic rings. The third-order valence-electron chi connectivity index (χ3n) is 5.19. The van der Waals surface area contributed by atoms with Crippen molar-refractivity contribution in [2.45, 2.75) is 26.7 Å². The third-order valence-corrected chi connectivity index (χ3v) is 5.19. The molecule has 0 radical (unpaired) electrons. The van der Waals surface area contributed by atoms with Crippen LogP contribution in [0.1, 0.15) is 35.3 Å². The Morgan fingerprint density at radius 3 is 2.12 bits per heavy atom. The van der Waals surface area contributed by atoms with Crippen LogP contribution in [0.5, 0.6) is 5.75 Å². The number of hydrogen-bond donors (Lipinski definition) is 0. The summed E-state index contributed by atoms with van der Waals surface area (Å²) >= 11 is 0. The van der Waals surface area contributed by atoms with E-state index < -0.39 is 0 Å². The summed E-state index contributed by atoms with van der Waals surface area (Å²) in [5.41, 5.74) is 4.82. The molecule has 0 atom stereocenters. The minimum atomic E-state index is 0.0570. The van der Waals surface area contributed by atoms with Crippen LogP contribution >= 0.6 is 0 Å². The summed E-state index contributed by atoms with van der Waals surface area (Å²) in [6.45, 7) is 7.62. The quantitative estimate of drug-likeness (QED) is 0.821. The molecule has 0 bridgehead atoms. The van der Waals surface area contributed by atoms with Crippen molar-refractivity contribution in [3.63, 3.8) is 0 Å². The number of hydrogen-bond acceptors (Lipinski definition) is 3. The highest BCUT2D eigenvalue weighted by Gasteiger charge is 2.25. The highest BCUT2D eigenvalue weighted by atomic mass is 16.5. The second-order valence-corrected chi connectivity index (χ2v) is 6.61. The number of piperazine rings is 1. The maximum Gasteiger partial charge on any atom is 0.257 e. The Kier molecular flexibility index (Phi) is 5.82. The predicted octanol–water partition coefficient (Wildman–Crippen LogP) is 3.78. The van der Waals surface area contributed by atoms with E-state index in [4.69, 9.17) is 4.74 Å². The van der Waals surface area contributed by atoms with Crippen LogP contribution in [-0.4, -0.2) is 44.1 Å². The molecule has 1 heterocycles. The lowest BCUT2D eigenvalue weighted by molar-refractivity contribution is 0.0743. The largest absolute Gasteiger partial charge is 0.496 e. The van der Waals surface area contributed by atoms with Crippen LogP contribution in [0.2, 0.25) is 0 Å². The van der Waals surface area contributed by atoms with Crippen LogP contribution in [0.4, 0.5) is 5.69 Å². The number of nitrogens with zero attached hydrogens (tertiary/aromatic N) is 2. The molecule has 2 aromatic carbocycles. The van der Waals surface area contributed by atoms with Gasteiger partial charge in [0.1, 0.15) is 5.75 Å². The van der Waals surface area contributed by atoms with Crippen molar-refractivity contribution in [1.29, 1.82) is 0 Å². The molecule has 0 N–H and O–H groups in total. The first kappa shape index (κ1) is 18.3. The van der Waals surface area contributed by atoms with Crippen LogP contribution in [0.15, 0.2) is 42.5 Å². The number of carbonyl (C=O) groups is 1. The van der Waals surface area contributed by atoms with Crippen molar-refractivity contribution >= 4 is 11.6 Å². The van der Waals surface area contributed by atoms with Crippen molar-refractivity contribution < 1.29 is 9.53 Å². The molecule has 1 amide bonds. The van der Waals surface area contributed by atoms with E-state index >= 15 is 0 Å². The molecule has 2 aromatic rings. The van der Waals surface area contributed by atoms with E-state index in [1.807, 2.05) is 29.2 Å². The average molecular weight is 352 g/mol. The molecular formula is C22H28N2O2. The number of anilines is 1. The van der Waals surface area contributed by atoms with Crippen molar-refractivity contribution in [2.75, 3.05) is 38.2 Å². The molecule has 0 spiro atoms. The summed E-state index contributed by atoms with van der Waals surface area (Å²) in [6, 6.07) is 14.1. The molecule has 26 heavy (non-hydrogen) atoms. The van der Waals surface area contributed by atoms with Crippen LogP contribution in [0.3, 0.4) is 0 Å². The van der Waals surface area contributed by atoms with Crippen molar-refractivity contribution in [2.24, 2.45) is 0 Å². The van der Waals surface area contributed by atoms with Gasteiger partial charge in [-0.1, -0.05) is 44.2 Å². The second-order valence-electron chi connectivity index (χ2n) is 6.61. The zero-order chi connectivity index (χ0) is 18.5. The number of para-hydroxylation sites is 2. The molecule has 0 saturated carbocycles. The summed E-state index contributed by atoms with van der Waals surface area (Å²) in [5, 5.41) is 0. The molecule has 3 rings (SSSR count). The fourth-order valence-electron chi connectivity index (χ4n) is 3.75. The zero-order valence-electron chi connectivity index (χ0n) is 16.0. The first-order chi connectivity index (χ1) is 12.7. The molecule has 1 aliphatic heterocycles. The van der Waals surface area contributed by atoms with Gasteiger partial charge in [-0.3, -0.25) is 4.79 Å². The van der Waals surface area contributed by atoms with Crippen molar-refractivity contribution in [3.8, 4) is 5.75 Å². The van der Waals surface area contributed by atoms with Crippen molar-refractivity contribution in [1.82, 2.24) is 4.90 Å². The van der Waals surface area contributed by atoms with E-state index in [2.05, 4.69) is 36.9 Å². The number of ether oxygens (including phenoxy) is 1. The van der Waals surface area contributed by atoms with Gasteiger partial charge in [-0.25, -0.2) is 0 Å². The number of benzene rings is 2. The number of rotatable bonds is 5. The van der Waals surface area contributed by atoms with Gasteiger partial charge in [-0.05, 0) is 36.1 Å². The summed E-state index contributed by atoms with van der Waals surface area (Å²) < 4.78 is 5.35. The maximum atomic E-state index is 12.9. The topological polar surface area (TPSA) is 32.8 Å². The van der Waals surface area contributed by atoms with Crippen LogP contribution < -0.4 is 9.64 Å². The van der Waals surface area contributed by atoms with Crippen molar-refractivity contribution in [3.05, 3.63) is 59.2 Å². The number of carbonyl (C=O) groups excluding carboxylic acids is 1. The van der Waals surface area contributed by atoms with E-state index in [9.17, 15) is 4.79 Å². The Bertz CT molecular complexity index is 742. The van der Waals surface area contributed by atoms with E-state index in [0.29, 0.717) is 11.3 Å². The zero-order valence-corrected chi connectivity index (χ0v) is 16.0. The van der Waals surface area contributed by atoms with Gasteiger partial charge in [0.25, 0.3) is 5.91 Å². The van der Waals surface area contributed by atoms with Crippen LogP contribution in [0, 0.1) is 0 Å². The molecule has 4 heteroatoms. The summed E-state index contributed by atoms with van der Waals surface area (Å²) in [5.74, 6) is 0.700. The fraction of sp³-hybridized carbons (Fsp3) is 0.409. The molecule has 0 aromatic heterocycles. The van der Waals surface area contributed by atoms with Gasteiger partial charge in [-0.15, -0.1) is 0 Å². The lowest BCUT2D eigenvalue weighted by Gasteiger charge is -2.38. The van der Waals surface area contributed by atoms with Crippen LogP contribution in [-0.2, 0) is 12.8 Å². The lowest BCUT2D eigenvalue weighted by Crippen LogP contribution is -2.49. The molecular weight excluding hydrogens is 324 g/mol. The van der Waals surface area contributed by atoms with Gasteiger partial charge < -0.3 is 14.5 Å². The fourth-order valence-corrected chi connectivity index (χ4v) is 3.75. The number of methoxy groups -OCH3 is 1. The Balaban J connectivity index is 1.75. The smallest absolute Gasteiger partial charge is 0.257 e. The van der Waals surface area contributed by atoms with Gasteiger partial charge in [0.05, 0.1) is 12.7 Å². The SMILES string of the molecule is CCc1cccc(CC)c1N1CCN(C(=O)c2ccccc2OC)CC1. The monoisotopic (exact) mass is 352 g/mol. The minimum Gasteiger partial charge on any atom is -0.496 e. The number of amides is 1. The summed E-state index contributed by atoms with van der Waals surface area (Å²) in [4.78, 5) is 17.3. The van der Waals surface area contributed by atoms with E-state index in [0.717, 1.165) is 39.0 Å². The Labute approximate surface area is 156 Å². The Morgan fingerprint density at radius 1 is 0.923 bits per heavy atom. The highest BCUT2D eigenvalue weighted by molar-refractivity contribution is 5.97. The second kappa shape index (κ2) is 8.26. The van der Waals surface area contributed by atoms with Gasteiger partial charge in [-0.2, -0.15) is 0 Å². The van der Waals surface area contributed by atoms with E-state index in [1.54, 1.807) is 7.11 Å². The Hall–Kier alpha value is -2.49. The number of aryl methyl sites for hydroxylation is 2. The first-order valence-electron chi connectivity index (χ1n) is 9.47. The minimum absolute atomic E-state index is 0.0570. The van der Waals surface area contributed by atoms with Gasteiger partial charge in [0, 0.05) is 31.9 Å². The van der Waals surface area contributed by atoms with E-state index in [-0.39, 0.29) is 5.91 Å². The van der Waals surface area contributed by atoms with Gasteiger partial charge in [0.15, 0.2) is 0 Å². The summed E-state index contributed by atoms with van der Waals surface area (Å²) in [7, 11) is 1.61. The van der Waals surface area contributed by atoms with Gasteiger partial charge in [0.2, 0.25) is 0 Å². The van der Waals surface area contributed by atoms with Gasteiger partial charge >= 0.3 is 0 Å². The molecule has 138 valence electrons. The molecule has 1 fully saturated rings. The van der Waals surface area contributed by atoms with E-state index in [1.165, 1.54) is 16.8 Å². The molecule has 4 nitrogen and oxygen atoms in total. The third kappa shape index (κ3) is 3.55. The predicted molar refractivity (Wildman–Crippen MR) is 106 cm³/mol. The normalized spacial score (nSPS) is 14.4.